The molecule has 94 valence electrons. The molecule has 0 bridgehead atoms. The van der Waals surface area contributed by atoms with Gasteiger partial charge in [0.2, 0.25) is 0 Å². The van der Waals surface area contributed by atoms with Gasteiger partial charge in [-0.15, -0.1) is 0 Å². The summed E-state index contributed by atoms with van der Waals surface area (Å²) in [5.74, 6) is 0. The zero-order valence-corrected chi connectivity index (χ0v) is 10.9. The van der Waals surface area contributed by atoms with Crippen LogP contribution in [-0.4, -0.2) is 42.3 Å². The number of amides is 1. The van der Waals surface area contributed by atoms with Crippen molar-refractivity contribution in [1.82, 2.24) is 10.2 Å². The molecule has 1 aliphatic rings. The summed E-state index contributed by atoms with van der Waals surface area (Å²) >= 11 is 0. The molecule has 4 heteroatoms. The minimum absolute atomic E-state index is 0.205. The quantitative estimate of drug-likeness (QED) is 0.803. The highest BCUT2D eigenvalue weighted by Crippen LogP contribution is 2.12. The lowest BCUT2D eigenvalue weighted by atomic mass is 10.2. The van der Waals surface area contributed by atoms with Crippen LogP contribution in [0.2, 0.25) is 0 Å². The molecule has 1 fully saturated rings. The third-order valence-electron chi connectivity index (χ3n) is 2.64. The van der Waals surface area contributed by atoms with Crippen molar-refractivity contribution < 1.29 is 9.53 Å². The fourth-order valence-corrected chi connectivity index (χ4v) is 1.84. The summed E-state index contributed by atoms with van der Waals surface area (Å²) < 4.78 is 5.36. The van der Waals surface area contributed by atoms with E-state index in [4.69, 9.17) is 4.74 Å². The highest BCUT2D eigenvalue weighted by molar-refractivity contribution is 5.68. The SMILES string of the molecule is CCN(CC1CCCN1)C(=O)OC(C)(C)C. The molecule has 0 aromatic heterocycles. The van der Waals surface area contributed by atoms with Crippen LogP contribution in [0, 0.1) is 0 Å². The topological polar surface area (TPSA) is 41.6 Å². The molecule has 1 atom stereocenters. The molecule has 1 rings (SSSR count). The monoisotopic (exact) mass is 228 g/mol. The maximum absolute atomic E-state index is 11.9. The van der Waals surface area contributed by atoms with Gasteiger partial charge in [0.05, 0.1) is 0 Å². The van der Waals surface area contributed by atoms with Gasteiger partial charge in [0.25, 0.3) is 0 Å². The third kappa shape index (κ3) is 4.39. The van der Waals surface area contributed by atoms with Crippen LogP contribution in [0.5, 0.6) is 0 Å². The second-order valence-electron chi connectivity index (χ2n) is 5.31. The Labute approximate surface area is 98.3 Å². The van der Waals surface area contributed by atoms with Crippen LogP contribution in [0.4, 0.5) is 4.79 Å². The Morgan fingerprint density at radius 3 is 2.62 bits per heavy atom. The summed E-state index contributed by atoms with van der Waals surface area (Å²) in [7, 11) is 0. The Hall–Kier alpha value is -0.770. The van der Waals surface area contributed by atoms with Crippen molar-refractivity contribution in [2.45, 2.75) is 52.2 Å². The van der Waals surface area contributed by atoms with Gasteiger partial charge in [-0.3, -0.25) is 0 Å². The summed E-state index contributed by atoms with van der Waals surface area (Å²) in [5.41, 5.74) is -0.409. The van der Waals surface area contributed by atoms with E-state index in [-0.39, 0.29) is 6.09 Å². The summed E-state index contributed by atoms with van der Waals surface area (Å²) in [4.78, 5) is 13.6. The van der Waals surface area contributed by atoms with Gasteiger partial charge >= 0.3 is 6.09 Å². The predicted octanol–water partition coefficient (Wildman–Crippen LogP) is 2.00. The molecule has 0 radical (unpaired) electrons. The number of hydrogen-bond donors (Lipinski definition) is 1. The zero-order valence-electron chi connectivity index (χ0n) is 10.9. The van der Waals surface area contributed by atoms with Crippen LogP contribution in [0.1, 0.15) is 40.5 Å². The van der Waals surface area contributed by atoms with Crippen molar-refractivity contribution in [3.63, 3.8) is 0 Å². The smallest absolute Gasteiger partial charge is 0.410 e. The van der Waals surface area contributed by atoms with Gasteiger partial charge in [-0.25, -0.2) is 4.79 Å². The van der Waals surface area contributed by atoms with Crippen molar-refractivity contribution in [2.24, 2.45) is 0 Å². The fraction of sp³-hybridized carbons (Fsp3) is 0.917. The highest BCUT2D eigenvalue weighted by atomic mass is 16.6. The Morgan fingerprint density at radius 1 is 1.50 bits per heavy atom. The average molecular weight is 228 g/mol. The normalized spacial score (nSPS) is 20.9. The van der Waals surface area contributed by atoms with E-state index < -0.39 is 5.60 Å². The summed E-state index contributed by atoms with van der Waals surface area (Å²) in [6.07, 6.45) is 2.15. The van der Waals surface area contributed by atoms with Crippen LogP contribution in [0.3, 0.4) is 0 Å². The van der Waals surface area contributed by atoms with Gasteiger partial charge in [-0.2, -0.15) is 0 Å². The van der Waals surface area contributed by atoms with Crippen molar-refractivity contribution >= 4 is 6.09 Å². The number of nitrogens with one attached hydrogen (secondary N) is 1. The molecule has 16 heavy (non-hydrogen) atoms. The van der Waals surface area contributed by atoms with E-state index in [0.29, 0.717) is 12.6 Å². The second-order valence-corrected chi connectivity index (χ2v) is 5.31. The molecular formula is C12H24N2O2. The predicted molar refractivity (Wildman–Crippen MR) is 64.5 cm³/mol. The molecule has 0 aromatic rings. The number of hydrogen-bond acceptors (Lipinski definition) is 3. The molecule has 0 aromatic carbocycles. The molecule has 1 heterocycles. The largest absolute Gasteiger partial charge is 0.444 e. The fourth-order valence-electron chi connectivity index (χ4n) is 1.84. The molecule has 0 aliphatic carbocycles. The molecule has 1 unspecified atom stereocenters. The molecule has 0 saturated carbocycles. The molecule has 1 saturated heterocycles. The maximum Gasteiger partial charge on any atom is 0.410 e. The average Bonchev–Trinajstić information content (AvgIpc) is 2.63. The summed E-state index contributed by atoms with van der Waals surface area (Å²) in [6.45, 7) is 10.2. The standard InChI is InChI=1S/C12H24N2O2/c1-5-14(9-10-7-6-8-13-10)11(15)16-12(2,3)4/h10,13H,5-9H2,1-4H3. The van der Waals surface area contributed by atoms with Crippen molar-refractivity contribution in [3.05, 3.63) is 0 Å². The first-order valence-corrected chi connectivity index (χ1v) is 6.13. The Morgan fingerprint density at radius 2 is 2.19 bits per heavy atom. The lowest BCUT2D eigenvalue weighted by Gasteiger charge is -2.28. The highest BCUT2D eigenvalue weighted by Gasteiger charge is 2.24. The Bertz CT molecular complexity index is 230. The third-order valence-corrected chi connectivity index (χ3v) is 2.64. The second kappa shape index (κ2) is 5.53. The molecule has 1 aliphatic heterocycles. The summed E-state index contributed by atoms with van der Waals surface area (Å²) in [5, 5.41) is 3.39. The van der Waals surface area contributed by atoms with E-state index in [2.05, 4.69) is 5.32 Å². The molecule has 1 amide bonds. The Balaban J connectivity index is 2.43. The van der Waals surface area contributed by atoms with Crippen LogP contribution in [-0.2, 0) is 4.74 Å². The van der Waals surface area contributed by atoms with Crippen molar-refractivity contribution in [2.75, 3.05) is 19.6 Å². The van der Waals surface area contributed by atoms with E-state index in [9.17, 15) is 4.79 Å². The minimum atomic E-state index is -0.409. The minimum Gasteiger partial charge on any atom is -0.444 e. The first-order chi connectivity index (χ1) is 7.42. The first-order valence-electron chi connectivity index (χ1n) is 6.13. The van der Waals surface area contributed by atoms with Crippen LogP contribution in [0.25, 0.3) is 0 Å². The first kappa shape index (κ1) is 13.3. The van der Waals surface area contributed by atoms with Crippen LogP contribution >= 0.6 is 0 Å². The molecule has 4 nitrogen and oxygen atoms in total. The number of rotatable bonds is 3. The molecule has 0 spiro atoms. The van der Waals surface area contributed by atoms with Crippen LogP contribution < -0.4 is 5.32 Å². The van der Waals surface area contributed by atoms with Crippen molar-refractivity contribution in [3.8, 4) is 0 Å². The Kier molecular flexibility index (Phi) is 4.59. The lowest BCUT2D eigenvalue weighted by Crippen LogP contribution is -2.43. The number of ether oxygens (including phenoxy) is 1. The number of carbonyl (C=O) groups excluding carboxylic acids is 1. The van der Waals surface area contributed by atoms with Gasteiger partial charge in [0, 0.05) is 19.1 Å². The van der Waals surface area contributed by atoms with E-state index in [0.717, 1.165) is 19.5 Å². The van der Waals surface area contributed by atoms with E-state index in [1.807, 2.05) is 27.7 Å². The van der Waals surface area contributed by atoms with Crippen molar-refractivity contribution in [1.29, 1.82) is 0 Å². The van der Waals surface area contributed by atoms with E-state index in [1.54, 1.807) is 4.90 Å². The zero-order chi connectivity index (χ0) is 12.2. The lowest BCUT2D eigenvalue weighted by molar-refractivity contribution is 0.0246. The number of carbonyl (C=O) groups is 1. The van der Waals surface area contributed by atoms with Gasteiger partial charge < -0.3 is 15.0 Å². The van der Waals surface area contributed by atoms with Gasteiger partial charge in [-0.05, 0) is 47.1 Å². The van der Waals surface area contributed by atoms with Gasteiger partial charge in [0.1, 0.15) is 5.60 Å². The number of likely N-dealkylation sites (N-methyl/N-ethyl adjacent to an activating group) is 1. The molecule has 1 N–H and O–H groups in total. The van der Waals surface area contributed by atoms with E-state index in [1.165, 1.54) is 6.42 Å². The van der Waals surface area contributed by atoms with Gasteiger partial charge in [0.15, 0.2) is 0 Å². The van der Waals surface area contributed by atoms with E-state index >= 15 is 0 Å². The molecular weight excluding hydrogens is 204 g/mol. The maximum atomic E-state index is 11.9. The van der Waals surface area contributed by atoms with Crippen LogP contribution in [0.15, 0.2) is 0 Å². The van der Waals surface area contributed by atoms with Gasteiger partial charge in [-0.1, -0.05) is 0 Å². The number of nitrogens with zero attached hydrogens (tertiary/aromatic N) is 1. The summed E-state index contributed by atoms with van der Waals surface area (Å²) in [6, 6.07) is 0.437.